The number of hydrogen-bond acceptors (Lipinski definition) is 12. The smallest absolute Gasteiger partial charge is 0.408 e. The molecular weight excluding hydrogens is 697 g/mol. The molecule has 0 radical (unpaired) electrons. The first-order chi connectivity index (χ1) is 25.0. The minimum atomic E-state index is -4.16. The van der Waals surface area contributed by atoms with E-state index in [9.17, 15) is 34.4 Å². The van der Waals surface area contributed by atoms with Gasteiger partial charge in [-0.3, -0.25) is 24.8 Å². The maximum absolute atomic E-state index is 14.6. The van der Waals surface area contributed by atoms with Gasteiger partial charge >= 0.3 is 19.7 Å². The molecule has 0 aliphatic heterocycles. The van der Waals surface area contributed by atoms with Gasteiger partial charge in [-0.2, -0.15) is 0 Å². The minimum Gasteiger partial charge on any atom is -0.464 e. The lowest BCUT2D eigenvalue weighted by molar-refractivity contribution is -0.385. The van der Waals surface area contributed by atoms with Crippen LogP contribution < -0.4 is 5.32 Å². The molecule has 0 saturated carbocycles. The van der Waals surface area contributed by atoms with Crippen LogP contribution in [0.3, 0.4) is 0 Å². The van der Waals surface area contributed by atoms with Crippen LogP contribution >= 0.6 is 7.60 Å². The number of esters is 1. The summed E-state index contributed by atoms with van der Waals surface area (Å²) in [4.78, 5) is 51.8. The van der Waals surface area contributed by atoms with Crippen molar-refractivity contribution in [2.75, 3.05) is 6.61 Å². The number of nitrogens with zero attached hydrogens (tertiary/aromatic N) is 4. The number of benzene rings is 4. The highest BCUT2D eigenvalue weighted by Gasteiger charge is 2.31. The van der Waals surface area contributed by atoms with Crippen molar-refractivity contribution < 1.29 is 42.5 Å². The number of imidazole rings is 1. The number of nitrogens with one attached hydrogen (secondary N) is 1. The highest BCUT2D eigenvalue weighted by molar-refractivity contribution is 7.52. The van der Waals surface area contributed by atoms with Gasteiger partial charge in [-0.1, -0.05) is 42.5 Å². The Morgan fingerprint density at radius 1 is 0.769 bits per heavy atom. The maximum Gasteiger partial charge on any atom is 0.408 e. The van der Waals surface area contributed by atoms with Crippen LogP contribution in [-0.4, -0.2) is 44.1 Å². The van der Waals surface area contributed by atoms with Gasteiger partial charge in [0.25, 0.3) is 11.4 Å². The van der Waals surface area contributed by atoms with Crippen molar-refractivity contribution in [2.45, 2.75) is 45.5 Å². The normalized spacial score (nSPS) is 11.9. The van der Waals surface area contributed by atoms with Crippen molar-refractivity contribution in [2.24, 2.45) is 0 Å². The van der Waals surface area contributed by atoms with Gasteiger partial charge in [-0.05, 0) is 60.0 Å². The van der Waals surface area contributed by atoms with Gasteiger partial charge in [0, 0.05) is 30.7 Å². The average Bonchev–Trinajstić information content (AvgIpc) is 3.48. The Labute approximate surface area is 297 Å². The Kier molecular flexibility index (Phi) is 12.4. The molecule has 0 unspecified atom stereocenters. The minimum absolute atomic E-state index is 0.0364. The molecule has 17 heteroatoms. The van der Waals surface area contributed by atoms with Crippen LogP contribution in [0.5, 0.6) is 0 Å². The van der Waals surface area contributed by atoms with E-state index in [0.717, 1.165) is 5.56 Å². The summed E-state index contributed by atoms with van der Waals surface area (Å²) in [5.74, 6) is -0.509. The topological polar surface area (TPSA) is 204 Å². The predicted molar refractivity (Wildman–Crippen MR) is 187 cm³/mol. The summed E-state index contributed by atoms with van der Waals surface area (Å²) in [6, 6.07) is 25.7. The number of hydrogen-bond donors (Lipinski definition) is 1. The van der Waals surface area contributed by atoms with Crippen LogP contribution in [0.25, 0.3) is 11.0 Å². The molecule has 4 aromatic carbocycles. The fourth-order valence-corrected chi connectivity index (χ4v) is 6.62. The van der Waals surface area contributed by atoms with E-state index in [0.29, 0.717) is 22.2 Å². The molecule has 5 aromatic rings. The Balaban J connectivity index is 1.43. The standard InChI is InChI=1S/C35H34N5O11P/c1-2-48-34(41)31(37-35(42)49-21-25-8-4-3-5-9-25)20-33-36-30-10-6-7-11-32(30)38(33)24-52(47,50-22-26-12-16-28(17-13-26)39(43)44)51-23-27-14-18-29(19-15-27)40(45)46/h3-19,31H,2,20-24H2,1H3,(H,37,42)/t31-/m1/s1. The first-order valence-corrected chi connectivity index (χ1v) is 17.7. The molecule has 1 N–H and O–H groups in total. The van der Waals surface area contributed by atoms with E-state index in [2.05, 4.69) is 10.3 Å². The van der Waals surface area contributed by atoms with Gasteiger partial charge in [-0.25, -0.2) is 14.6 Å². The number of aromatic nitrogens is 2. The third kappa shape index (κ3) is 10.1. The van der Waals surface area contributed by atoms with Gasteiger partial charge in [0.05, 0.1) is 40.7 Å². The summed E-state index contributed by atoms with van der Waals surface area (Å²) in [7, 11) is -4.16. The molecule has 0 saturated heterocycles. The summed E-state index contributed by atoms with van der Waals surface area (Å²) < 4.78 is 38.6. The Morgan fingerprint density at radius 2 is 1.31 bits per heavy atom. The first-order valence-electron chi connectivity index (χ1n) is 16.0. The third-order valence-corrected chi connectivity index (χ3v) is 9.34. The summed E-state index contributed by atoms with van der Waals surface area (Å²) in [6.45, 7) is 1.12. The highest BCUT2D eigenvalue weighted by Crippen LogP contribution is 2.52. The van der Waals surface area contributed by atoms with Crippen LogP contribution in [0.15, 0.2) is 103 Å². The summed E-state index contributed by atoms with van der Waals surface area (Å²) in [5.41, 5.74) is 2.43. The molecule has 52 heavy (non-hydrogen) atoms. The number of nitro benzene ring substituents is 2. The molecule has 16 nitrogen and oxygen atoms in total. The lowest BCUT2D eigenvalue weighted by atomic mass is 10.2. The number of amides is 1. The SMILES string of the molecule is CCOC(=O)[C@@H](Cc1nc2ccccc2n1CP(=O)(OCc1ccc([N+](=O)[O-])cc1)OCc1ccc([N+](=O)[O-])cc1)NC(=O)OCc1ccccc1. The summed E-state index contributed by atoms with van der Waals surface area (Å²) in [6.07, 6.45) is -1.47. The number of non-ortho nitro benzene ring substituents is 2. The number of rotatable bonds is 17. The molecule has 1 aromatic heterocycles. The number of carbonyl (C=O) groups excluding carboxylic acids is 2. The molecule has 0 aliphatic rings. The second-order valence-electron chi connectivity index (χ2n) is 11.3. The molecule has 270 valence electrons. The van der Waals surface area contributed by atoms with E-state index in [1.54, 1.807) is 60.0 Å². The van der Waals surface area contributed by atoms with Crippen LogP contribution in [0.2, 0.25) is 0 Å². The lowest BCUT2D eigenvalue weighted by Gasteiger charge is -2.22. The molecule has 0 aliphatic carbocycles. The number of fused-ring (bicyclic) bond motifs is 1. The predicted octanol–water partition coefficient (Wildman–Crippen LogP) is 6.84. The van der Waals surface area contributed by atoms with Crippen molar-refractivity contribution in [3.63, 3.8) is 0 Å². The molecule has 1 atom stereocenters. The van der Waals surface area contributed by atoms with E-state index in [-0.39, 0.29) is 50.0 Å². The fraction of sp³-hybridized carbons (Fsp3) is 0.229. The monoisotopic (exact) mass is 731 g/mol. The van der Waals surface area contributed by atoms with Crippen molar-refractivity contribution in [1.82, 2.24) is 14.9 Å². The Hall–Kier alpha value is -5.96. The van der Waals surface area contributed by atoms with E-state index in [1.807, 2.05) is 6.07 Å². The van der Waals surface area contributed by atoms with Gasteiger partial charge in [0.15, 0.2) is 0 Å². The molecule has 1 amide bonds. The van der Waals surface area contributed by atoms with Gasteiger partial charge < -0.3 is 28.4 Å². The highest BCUT2D eigenvalue weighted by atomic mass is 31.2. The van der Waals surface area contributed by atoms with Gasteiger partial charge in [-0.15, -0.1) is 0 Å². The van der Waals surface area contributed by atoms with Crippen LogP contribution in [0.4, 0.5) is 16.2 Å². The van der Waals surface area contributed by atoms with Crippen LogP contribution in [0, 0.1) is 20.2 Å². The maximum atomic E-state index is 14.6. The molecule has 0 fully saturated rings. The number of para-hydroxylation sites is 2. The van der Waals surface area contributed by atoms with Crippen molar-refractivity contribution in [1.29, 1.82) is 0 Å². The number of ether oxygens (including phenoxy) is 2. The average molecular weight is 732 g/mol. The van der Waals surface area contributed by atoms with E-state index in [1.165, 1.54) is 48.5 Å². The van der Waals surface area contributed by atoms with Crippen molar-refractivity contribution in [3.05, 3.63) is 146 Å². The van der Waals surface area contributed by atoms with Gasteiger partial charge in [0.1, 0.15) is 24.8 Å². The first kappa shape index (κ1) is 37.3. The van der Waals surface area contributed by atoms with Gasteiger partial charge in [0.2, 0.25) is 0 Å². The third-order valence-electron chi connectivity index (χ3n) is 7.66. The number of carbonyl (C=O) groups is 2. The molecule has 0 bridgehead atoms. The molecule has 5 rings (SSSR count). The Bertz CT molecular complexity index is 2010. The van der Waals surface area contributed by atoms with Crippen LogP contribution in [0.1, 0.15) is 29.4 Å². The fourth-order valence-electron chi connectivity index (χ4n) is 5.03. The molecule has 1 heterocycles. The largest absolute Gasteiger partial charge is 0.464 e. The molecule has 0 spiro atoms. The number of alkyl carbamates (subject to hydrolysis) is 1. The van der Waals surface area contributed by atoms with E-state index < -0.39 is 41.8 Å². The second kappa shape index (κ2) is 17.3. The zero-order valence-electron chi connectivity index (χ0n) is 27.9. The molecular formula is C35H34N5O11P. The zero-order valence-corrected chi connectivity index (χ0v) is 28.8. The van der Waals surface area contributed by atoms with Crippen LogP contribution in [-0.2, 0) is 60.4 Å². The summed E-state index contributed by atoms with van der Waals surface area (Å²) in [5, 5.41) is 24.8. The summed E-state index contributed by atoms with van der Waals surface area (Å²) >= 11 is 0. The number of nitro groups is 2. The zero-order chi connectivity index (χ0) is 37.1. The second-order valence-corrected chi connectivity index (χ2v) is 13.3. The van der Waals surface area contributed by atoms with E-state index >= 15 is 0 Å². The van der Waals surface area contributed by atoms with Crippen molar-refractivity contribution in [3.8, 4) is 0 Å². The Morgan fingerprint density at radius 3 is 1.87 bits per heavy atom. The lowest BCUT2D eigenvalue weighted by Crippen LogP contribution is -2.44. The van der Waals surface area contributed by atoms with Crippen molar-refractivity contribution >= 4 is 42.1 Å². The van der Waals surface area contributed by atoms with E-state index in [4.69, 9.17) is 18.5 Å². The quantitative estimate of drug-likeness (QED) is 0.0452.